The molecule has 0 saturated heterocycles. The lowest BCUT2D eigenvalue weighted by Crippen LogP contribution is -2.14. The average Bonchev–Trinajstić information content (AvgIpc) is 3.08. The standard InChI is InChI=1S/C14H8FN3O6/c15-7-3-1-6(2-4-7)12(19)16-11-10-8(18(17-11)14(22)23)5-9(24-10)13(20)21/h1-5H,(H,20,21)(H,22,23)(H,16,17,19). The van der Waals surface area contributed by atoms with Crippen LogP contribution in [0.2, 0.25) is 0 Å². The molecule has 0 aliphatic carbocycles. The number of nitrogens with one attached hydrogen (secondary N) is 1. The van der Waals surface area contributed by atoms with Gasteiger partial charge in [0.2, 0.25) is 5.76 Å². The van der Waals surface area contributed by atoms with Gasteiger partial charge in [0.25, 0.3) is 5.91 Å². The molecule has 0 aliphatic heterocycles. The first-order valence-electron chi connectivity index (χ1n) is 6.43. The zero-order chi connectivity index (χ0) is 17.4. The Kier molecular flexibility index (Phi) is 3.49. The molecule has 24 heavy (non-hydrogen) atoms. The summed E-state index contributed by atoms with van der Waals surface area (Å²) in [7, 11) is 0. The van der Waals surface area contributed by atoms with Crippen molar-refractivity contribution in [2.24, 2.45) is 0 Å². The molecule has 3 rings (SSSR count). The van der Waals surface area contributed by atoms with Crippen molar-refractivity contribution in [3.05, 3.63) is 47.5 Å². The van der Waals surface area contributed by atoms with Crippen LogP contribution in [0.5, 0.6) is 0 Å². The Labute approximate surface area is 131 Å². The maximum absolute atomic E-state index is 12.9. The summed E-state index contributed by atoms with van der Waals surface area (Å²) in [4.78, 5) is 34.2. The lowest BCUT2D eigenvalue weighted by Gasteiger charge is -2.01. The Morgan fingerprint density at radius 2 is 1.83 bits per heavy atom. The molecule has 0 spiro atoms. The highest BCUT2D eigenvalue weighted by Crippen LogP contribution is 2.27. The maximum atomic E-state index is 12.9. The molecule has 9 nitrogen and oxygen atoms in total. The van der Waals surface area contributed by atoms with E-state index in [1.54, 1.807) is 0 Å². The zero-order valence-corrected chi connectivity index (χ0v) is 11.7. The van der Waals surface area contributed by atoms with Crippen molar-refractivity contribution in [1.29, 1.82) is 0 Å². The van der Waals surface area contributed by atoms with Crippen LogP contribution in [0.25, 0.3) is 11.1 Å². The van der Waals surface area contributed by atoms with Gasteiger partial charge in [-0.15, -0.1) is 5.10 Å². The molecule has 0 atom stereocenters. The number of carbonyl (C=O) groups excluding carboxylic acids is 1. The fourth-order valence-electron chi connectivity index (χ4n) is 2.02. The van der Waals surface area contributed by atoms with Crippen LogP contribution >= 0.6 is 0 Å². The second kappa shape index (κ2) is 5.50. The largest absolute Gasteiger partial charge is 0.475 e. The Morgan fingerprint density at radius 1 is 1.17 bits per heavy atom. The Morgan fingerprint density at radius 3 is 2.42 bits per heavy atom. The van der Waals surface area contributed by atoms with E-state index in [9.17, 15) is 18.8 Å². The number of carboxylic acid groups (broad SMARTS) is 2. The van der Waals surface area contributed by atoms with Gasteiger partial charge in [-0.1, -0.05) is 0 Å². The SMILES string of the molecule is O=C(Nc1nn(C(=O)O)c2cc(C(=O)O)oc12)c1ccc(F)cc1. The first kappa shape index (κ1) is 15.2. The number of hydrogen-bond donors (Lipinski definition) is 3. The van der Waals surface area contributed by atoms with Gasteiger partial charge in [-0.2, -0.15) is 4.68 Å². The lowest BCUT2D eigenvalue weighted by molar-refractivity contribution is 0.0665. The summed E-state index contributed by atoms with van der Waals surface area (Å²) < 4.78 is 18.4. The fraction of sp³-hybridized carbons (Fsp3) is 0. The third-order valence-electron chi connectivity index (χ3n) is 3.09. The number of rotatable bonds is 3. The predicted octanol–water partition coefficient (Wildman–Crippen LogP) is 2.25. The van der Waals surface area contributed by atoms with Crippen molar-refractivity contribution >= 4 is 34.9 Å². The minimum atomic E-state index is -1.49. The number of benzene rings is 1. The van der Waals surface area contributed by atoms with E-state index in [4.69, 9.17) is 14.6 Å². The zero-order valence-electron chi connectivity index (χ0n) is 11.7. The fourth-order valence-corrected chi connectivity index (χ4v) is 2.02. The Hall–Kier alpha value is -3.69. The Bertz CT molecular complexity index is 972. The number of carboxylic acids is 1. The van der Waals surface area contributed by atoms with Gasteiger partial charge in [-0.05, 0) is 24.3 Å². The molecule has 0 aliphatic rings. The molecule has 3 N–H and O–H groups in total. The molecule has 3 aromatic rings. The molecule has 0 fully saturated rings. The summed E-state index contributed by atoms with van der Waals surface area (Å²) in [6.45, 7) is 0. The average molecular weight is 333 g/mol. The molecule has 2 aromatic heterocycles. The first-order valence-corrected chi connectivity index (χ1v) is 6.43. The van der Waals surface area contributed by atoms with E-state index in [1.807, 2.05) is 0 Å². The smallest absolute Gasteiger partial charge is 0.432 e. The number of carbonyl (C=O) groups is 3. The van der Waals surface area contributed by atoms with E-state index in [0.717, 1.165) is 18.2 Å². The van der Waals surface area contributed by atoms with E-state index in [-0.39, 0.29) is 22.5 Å². The van der Waals surface area contributed by atoms with Crippen LogP contribution in [-0.2, 0) is 0 Å². The van der Waals surface area contributed by atoms with Gasteiger partial charge in [0.1, 0.15) is 11.3 Å². The molecular weight excluding hydrogens is 325 g/mol. The summed E-state index contributed by atoms with van der Waals surface area (Å²) in [5.41, 5.74) is -0.237. The highest BCUT2D eigenvalue weighted by atomic mass is 19.1. The molecule has 122 valence electrons. The third-order valence-corrected chi connectivity index (χ3v) is 3.09. The molecule has 2 heterocycles. The van der Waals surface area contributed by atoms with Crippen LogP contribution in [0, 0.1) is 5.82 Å². The van der Waals surface area contributed by atoms with Crippen molar-refractivity contribution in [3.63, 3.8) is 0 Å². The summed E-state index contributed by atoms with van der Waals surface area (Å²) in [6, 6.07) is 5.58. The highest BCUT2D eigenvalue weighted by Gasteiger charge is 2.23. The normalized spacial score (nSPS) is 10.7. The van der Waals surface area contributed by atoms with Gasteiger partial charge < -0.3 is 19.9 Å². The molecule has 1 aromatic carbocycles. The summed E-state index contributed by atoms with van der Waals surface area (Å²) >= 11 is 0. The topological polar surface area (TPSA) is 135 Å². The molecule has 1 amide bonds. The predicted molar refractivity (Wildman–Crippen MR) is 76.7 cm³/mol. The Balaban J connectivity index is 2.02. The number of halogens is 1. The minimum absolute atomic E-state index is 0.0967. The van der Waals surface area contributed by atoms with Crippen LogP contribution in [0.15, 0.2) is 34.7 Å². The van der Waals surface area contributed by atoms with Gasteiger partial charge in [0, 0.05) is 11.6 Å². The minimum Gasteiger partial charge on any atom is -0.475 e. The molecule has 0 bridgehead atoms. The number of hydrogen-bond acceptors (Lipinski definition) is 5. The van der Waals surface area contributed by atoms with Gasteiger partial charge in [0.15, 0.2) is 11.4 Å². The molecule has 10 heteroatoms. The molecular formula is C14H8FN3O6. The van der Waals surface area contributed by atoms with Crippen LogP contribution in [0.3, 0.4) is 0 Å². The number of amides is 1. The van der Waals surface area contributed by atoms with Crippen molar-refractivity contribution < 1.29 is 33.4 Å². The number of aromatic nitrogens is 2. The maximum Gasteiger partial charge on any atom is 0.432 e. The molecule has 0 unspecified atom stereocenters. The van der Waals surface area contributed by atoms with Gasteiger partial charge >= 0.3 is 12.1 Å². The number of anilines is 1. The summed E-state index contributed by atoms with van der Waals surface area (Å²) in [5.74, 6) is -3.40. The van der Waals surface area contributed by atoms with Gasteiger partial charge in [0.05, 0.1) is 0 Å². The van der Waals surface area contributed by atoms with E-state index >= 15 is 0 Å². The van der Waals surface area contributed by atoms with E-state index < -0.39 is 29.5 Å². The van der Waals surface area contributed by atoms with Crippen molar-refractivity contribution in [2.75, 3.05) is 5.32 Å². The summed E-state index contributed by atoms with van der Waals surface area (Å²) in [6.07, 6.45) is -1.49. The van der Waals surface area contributed by atoms with Crippen molar-refractivity contribution in [1.82, 2.24) is 9.78 Å². The van der Waals surface area contributed by atoms with Crippen LogP contribution in [-0.4, -0.2) is 38.0 Å². The number of furan rings is 1. The van der Waals surface area contributed by atoms with E-state index in [0.29, 0.717) is 4.68 Å². The number of aromatic carboxylic acids is 1. The second-order valence-electron chi connectivity index (χ2n) is 4.63. The number of nitrogens with zero attached hydrogens (tertiary/aromatic N) is 2. The van der Waals surface area contributed by atoms with E-state index in [2.05, 4.69) is 10.4 Å². The number of fused-ring (bicyclic) bond motifs is 1. The van der Waals surface area contributed by atoms with E-state index in [1.165, 1.54) is 12.1 Å². The second-order valence-corrected chi connectivity index (χ2v) is 4.63. The summed E-state index contributed by atoms with van der Waals surface area (Å²) in [5, 5.41) is 24.0. The van der Waals surface area contributed by atoms with Gasteiger partial charge in [-0.25, -0.2) is 14.0 Å². The van der Waals surface area contributed by atoms with Crippen LogP contribution < -0.4 is 5.32 Å². The first-order chi connectivity index (χ1) is 11.4. The molecule has 0 saturated carbocycles. The van der Waals surface area contributed by atoms with Gasteiger partial charge in [-0.3, -0.25) is 4.79 Å². The lowest BCUT2D eigenvalue weighted by atomic mass is 10.2. The monoisotopic (exact) mass is 333 g/mol. The highest BCUT2D eigenvalue weighted by molar-refractivity contribution is 6.08. The van der Waals surface area contributed by atoms with Crippen molar-refractivity contribution in [3.8, 4) is 0 Å². The van der Waals surface area contributed by atoms with Crippen LogP contribution in [0.1, 0.15) is 20.9 Å². The van der Waals surface area contributed by atoms with Crippen molar-refractivity contribution in [2.45, 2.75) is 0 Å². The molecule has 0 radical (unpaired) electrons. The van der Waals surface area contributed by atoms with Crippen LogP contribution in [0.4, 0.5) is 15.0 Å². The third kappa shape index (κ3) is 2.56. The quantitative estimate of drug-likeness (QED) is 0.669.